The van der Waals surface area contributed by atoms with Crippen molar-refractivity contribution in [3.8, 4) is 17.1 Å². The molecular weight excluding hydrogens is 386 g/mol. The van der Waals surface area contributed by atoms with E-state index in [0.717, 1.165) is 18.4 Å². The van der Waals surface area contributed by atoms with Crippen LogP contribution in [0.1, 0.15) is 38.5 Å². The number of benzene rings is 1. The number of hydrogen-bond acceptors (Lipinski definition) is 5. The molecule has 1 fully saturated rings. The van der Waals surface area contributed by atoms with Crippen LogP contribution in [0.2, 0.25) is 0 Å². The van der Waals surface area contributed by atoms with E-state index in [1.165, 1.54) is 49.6 Å². The summed E-state index contributed by atoms with van der Waals surface area (Å²) in [4.78, 5) is 12.2. The quantitative estimate of drug-likeness (QED) is 0.552. The zero-order valence-electron chi connectivity index (χ0n) is 15.7. The summed E-state index contributed by atoms with van der Waals surface area (Å²) in [6.07, 6.45) is 6.94. The summed E-state index contributed by atoms with van der Waals surface area (Å²) in [5, 5.41) is 12.0. The van der Waals surface area contributed by atoms with E-state index in [0.29, 0.717) is 11.0 Å². The van der Waals surface area contributed by atoms with Gasteiger partial charge in [-0.1, -0.05) is 37.4 Å². The van der Waals surface area contributed by atoms with Crippen molar-refractivity contribution in [1.82, 2.24) is 20.1 Å². The summed E-state index contributed by atoms with van der Waals surface area (Å²) >= 11 is 1.33. The van der Waals surface area contributed by atoms with E-state index in [9.17, 15) is 13.6 Å². The van der Waals surface area contributed by atoms with Gasteiger partial charge in [-0.3, -0.25) is 4.79 Å². The molecule has 152 valence electrons. The number of rotatable bonds is 7. The molecule has 1 amide bonds. The van der Waals surface area contributed by atoms with Crippen LogP contribution >= 0.6 is 11.8 Å². The summed E-state index contributed by atoms with van der Waals surface area (Å²) in [6, 6.07) is 6.50. The fourth-order valence-corrected chi connectivity index (χ4v) is 4.02. The van der Waals surface area contributed by atoms with Gasteiger partial charge in [0.25, 0.3) is 0 Å². The first-order chi connectivity index (χ1) is 13.5. The Hall–Kier alpha value is -2.16. The lowest BCUT2D eigenvalue weighted by molar-refractivity contribution is -0.119. The van der Waals surface area contributed by atoms with Gasteiger partial charge >= 0.3 is 6.61 Å². The van der Waals surface area contributed by atoms with Crippen LogP contribution in [0, 0.1) is 0 Å². The number of hydrogen-bond donors (Lipinski definition) is 1. The number of nitrogens with zero attached hydrogens (tertiary/aromatic N) is 3. The first-order valence-electron chi connectivity index (χ1n) is 9.39. The molecule has 1 aliphatic rings. The molecular formula is C19H24F2N4O2S. The Bertz CT molecular complexity index is 775. The predicted molar refractivity (Wildman–Crippen MR) is 103 cm³/mol. The number of alkyl halides is 2. The number of thioether (sulfide) groups is 1. The molecule has 0 saturated heterocycles. The summed E-state index contributed by atoms with van der Waals surface area (Å²) in [5.74, 6) is 0.972. The minimum absolute atomic E-state index is 0.00921. The van der Waals surface area contributed by atoms with Gasteiger partial charge in [0.15, 0.2) is 11.0 Å². The molecule has 1 aliphatic carbocycles. The van der Waals surface area contributed by atoms with Crippen LogP contribution in [-0.4, -0.2) is 39.1 Å². The predicted octanol–water partition coefficient (Wildman–Crippen LogP) is 4.01. The van der Waals surface area contributed by atoms with Crippen molar-refractivity contribution < 1.29 is 18.3 Å². The highest BCUT2D eigenvalue weighted by Crippen LogP contribution is 2.25. The van der Waals surface area contributed by atoms with E-state index in [1.54, 1.807) is 16.7 Å². The molecule has 2 aromatic rings. The topological polar surface area (TPSA) is 69.0 Å². The van der Waals surface area contributed by atoms with Gasteiger partial charge in [-0.25, -0.2) is 0 Å². The molecule has 0 aliphatic heterocycles. The first-order valence-corrected chi connectivity index (χ1v) is 10.4. The number of aromatic nitrogens is 3. The van der Waals surface area contributed by atoms with Crippen molar-refractivity contribution in [3.63, 3.8) is 0 Å². The van der Waals surface area contributed by atoms with Crippen LogP contribution in [-0.2, 0) is 11.8 Å². The number of carbonyl (C=O) groups is 1. The molecule has 1 heterocycles. The molecule has 0 atom stereocenters. The number of ether oxygens (including phenoxy) is 1. The average molecular weight is 410 g/mol. The third kappa shape index (κ3) is 5.67. The maximum Gasteiger partial charge on any atom is 0.387 e. The van der Waals surface area contributed by atoms with Gasteiger partial charge in [0.2, 0.25) is 5.91 Å². The van der Waals surface area contributed by atoms with Crippen LogP contribution < -0.4 is 10.1 Å². The minimum atomic E-state index is -2.85. The second-order valence-electron chi connectivity index (χ2n) is 6.81. The van der Waals surface area contributed by atoms with Crippen molar-refractivity contribution in [1.29, 1.82) is 0 Å². The molecule has 0 spiro atoms. The summed E-state index contributed by atoms with van der Waals surface area (Å²) in [6.45, 7) is -2.85. The third-order valence-corrected chi connectivity index (χ3v) is 5.75. The Morgan fingerprint density at radius 2 is 1.89 bits per heavy atom. The molecule has 0 radical (unpaired) electrons. The Morgan fingerprint density at radius 1 is 1.21 bits per heavy atom. The molecule has 3 rings (SSSR count). The van der Waals surface area contributed by atoms with E-state index in [4.69, 9.17) is 0 Å². The fourth-order valence-electron chi connectivity index (χ4n) is 3.30. The lowest BCUT2D eigenvalue weighted by Gasteiger charge is -2.15. The largest absolute Gasteiger partial charge is 0.435 e. The summed E-state index contributed by atoms with van der Waals surface area (Å²) < 4.78 is 30.6. The van der Waals surface area contributed by atoms with Crippen molar-refractivity contribution in [2.24, 2.45) is 7.05 Å². The molecule has 0 bridgehead atoms. The van der Waals surface area contributed by atoms with Crippen molar-refractivity contribution >= 4 is 17.7 Å². The van der Waals surface area contributed by atoms with Gasteiger partial charge < -0.3 is 14.6 Å². The normalized spacial score (nSPS) is 15.4. The van der Waals surface area contributed by atoms with Crippen LogP contribution in [0.3, 0.4) is 0 Å². The molecule has 1 aromatic carbocycles. The van der Waals surface area contributed by atoms with Crippen LogP contribution in [0.5, 0.6) is 5.75 Å². The lowest BCUT2D eigenvalue weighted by atomic mass is 10.1. The first kappa shape index (κ1) is 20.6. The number of halogens is 2. The highest BCUT2D eigenvalue weighted by Gasteiger charge is 2.17. The molecule has 6 nitrogen and oxygen atoms in total. The number of amides is 1. The number of nitrogens with one attached hydrogen (secondary N) is 1. The monoisotopic (exact) mass is 410 g/mol. The molecule has 1 N–H and O–H groups in total. The Labute approximate surface area is 167 Å². The maximum absolute atomic E-state index is 12.2. The van der Waals surface area contributed by atoms with Gasteiger partial charge in [0, 0.05) is 18.7 Å². The lowest BCUT2D eigenvalue weighted by Crippen LogP contribution is -2.35. The van der Waals surface area contributed by atoms with E-state index in [-0.39, 0.29) is 23.5 Å². The minimum Gasteiger partial charge on any atom is -0.435 e. The summed E-state index contributed by atoms with van der Waals surface area (Å²) in [5.41, 5.74) is 0.728. The molecule has 1 aromatic heterocycles. The highest BCUT2D eigenvalue weighted by atomic mass is 32.2. The van der Waals surface area contributed by atoms with Crippen LogP contribution in [0.15, 0.2) is 29.4 Å². The maximum atomic E-state index is 12.2. The van der Waals surface area contributed by atoms with E-state index >= 15 is 0 Å². The van der Waals surface area contributed by atoms with Crippen LogP contribution in [0.25, 0.3) is 11.4 Å². The zero-order chi connectivity index (χ0) is 19.9. The molecule has 9 heteroatoms. The van der Waals surface area contributed by atoms with Gasteiger partial charge in [-0.05, 0) is 37.1 Å². The highest BCUT2D eigenvalue weighted by molar-refractivity contribution is 7.99. The van der Waals surface area contributed by atoms with Gasteiger partial charge in [0.05, 0.1) is 5.75 Å². The van der Waals surface area contributed by atoms with Gasteiger partial charge in [-0.2, -0.15) is 8.78 Å². The average Bonchev–Trinajstić information content (AvgIpc) is 2.86. The second kappa shape index (κ2) is 9.86. The SMILES string of the molecule is Cn1c(SCC(=O)NC2CCCCCC2)nnc1-c1ccc(OC(F)F)cc1. The number of carbonyl (C=O) groups excluding carboxylic acids is 1. The molecule has 28 heavy (non-hydrogen) atoms. The standard InChI is InChI=1S/C19H24F2N4O2S/c1-25-17(13-8-10-15(11-9-13)27-18(20)21)23-24-19(25)28-12-16(26)22-14-6-4-2-3-5-7-14/h8-11,14,18H,2-7,12H2,1H3,(H,22,26). The van der Waals surface area contributed by atoms with Crippen molar-refractivity contribution in [2.75, 3.05) is 5.75 Å². The Morgan fingerprint density at radius 3 is 2.54 bits per heavy atom. The molecule has 0 unspecified atom stereocenters. The van der Waals surface area contributed by atoms with E-state index < -0.39 is 6.61 Å². The third-order valence-electron chi connectivity index (χ3n) is 4.73. The Kier molecular flexibility index (Phi) is 7.24. The zero-order valence-corrected chi connectivity index (χ0v) is 16.6. The van der Waals surface area contributed by atoms with Crippen molar-refractivity contribution in [2.45, 2.75) is 56.3 Å². The van der Waals surface area contributed by atoms with Gasteiger partial charge in [-0.15, -0.1) is 10.2 Å². The molecule has 1 saturated carbocycles. The fraction of sp³-hybridized carbons (Fsp3) is 0.526. The van der Waals surface area contributed by atoms with Gasteiger partial charge in [0.1, 0.15) is 5.75 Å². The van der Waals surface area contributed by atoms with Crippen molar-refractivity contribution in [3.05, 3.63) is 24.3 Å². The van der Waals surface area contributed by atoms with E-state index in [1.807, 2.05) is 7.05 Å². The van der Waals surface area contributed by atoms with Crippen LogP contribution in [0.4, 0.5) is 8.78 Å². The smallest absolute Gasteiger partial charge is 0.387 e. The second-order valence-corrected chi connectivity index (χ2v) is 7.76. The van der Waals surface area contributed by atoms with E-state index in [2.05, 4.69) is 20.3 Å². The Balaban J connectivity index is 1.56. The summed E-state index contributed by atoms with van der Waals surface area (Å²) in [7, 11) is 1.81.